The summed E-state index contributed by atoms with van der Waals surface area (Å²) in [6.45, 7) is 2.87. The largest absolute Gasteiger partial charge is 0.495 e. The van der Waals surface area contributed by atoms with Crippen molar-refractivity contribution in [2.45, 2.75) is 20.1 Å². The number of carbonyl (C=O) groups is 1. The average molecular weight is 412 g/mol. The smallest absolute Gasteiger partial charge is 0.335 e. The second-order valence-corrected chi connectivity index (χ2v) is 7.04. The molecule has 0 radical (unpaired) electrons. The van der Waals surface area contributed by atoms with Crippen LogP contribution in [0.1, 0.15) is 27.0 Å². The highest BCUT2D eigenvalue weighted by Gasteiger charge is 2.11. The number of benzene rings is 3. The van der Waals surface area contributed by atoms with Gasteiger partial charge in [-0.25, -0.2) is 4.79 Å². The lowest BCUT2D eigenvalue weighted by Gasteiger charge is -2.15. The SMILES string of the molecule is COc1ccc(C(=O)O)cc1NCc1cc(Cl)ccc1OCc1cccc(C)c1. The Morgan fingerprint density at radius 3 is 2.59 bits per heavy atom. The standard InChI is InChI=1S/C23H22ClNO4/c1-15-4-3-5-16(10-15)14-29-21-9-7-19(24)11-18(21)13-25-20-12-17(23(26)27)6-8-22(20)28-2/h3-12,25H,13-14H2,1-2H3,(H,26,27). The van der Waals surface area contributed by atoms with Crippen LogP contribution in [-0.4, -0.2) is 18.2 Å². The van der Waals surface area contributed by atoms with Crippen molar-refractivity contribution in [3.63, 3.8) is 0 Å². The van der Waals surface area contributed by atoms with Gasteiger partial charge in [0.2, 0.25) is 0 Å². The molecular formula is C23H22ClNO4. The minimum absolute atomic E-state index is 0.176. The fourth-order valence-corrected chi connectivity index (χ4v) is 3.15. The third kappa shape index (κ3) is 5.42. The van der Waals surface area contributed by atoms with E-state index in [1.165, 1.54) is 18.7 Å². The molecule has 0 bridgehead atoms. The maximum absolute atomic E-state index is 11.3. The van der Waals surface area contributed by atoms with Gasteiger partial charge in [0.05, 0.1) is 18.4 Å². The lowest BCUT2D eigenvalue weighted by atomic mass is 10.1. The normalized spacial score (nSPS) is 10.4. The number of rotatable bonds is 8. The highest BCUT2D eigenvalue weighted by molar-refractivity contribution is 6.30. The molecule has 3 aromatic carbocycles. The zero-order valence-corrected chi connectivity index (χ0v) is 17.0. The van der Waals surface area contributed by atoms with Gasteiger partial charge in [-0.2, -0.15) is 0 Å². The molecule has 150 valence electrons. The summed E-state index contributed by atoms with van der Waals surface area (Å²) in [5.41, 5.74) is 3.87. The molecule has 6 heteroatoms. The number of aromatic carboxylic acids is 1. The second-order valence-electron chi connectivity index (χ2n) is 6.60. The molecule has 0 aliphatic rings. The Balaban J connectivity index is 1.78. The third-order valence-electron chi connectivity index (χ3n) is 4.42. The summed E-state index contributed by atoms with van der Waals surface area (Å²) < 4.78 is 11.3. The number of halogens is 1. The van der Waals surface area contributed by atoms with Gasteiger partial charge in [-0.05, 0) is 48.9 Å². The van der Waals surface area contributed by atoms with Crippen LogP contribution in [0.15, 0.2) is 60.7 Å². The van der Waals surface area contributed by atoms with Gasteiger partial charge in [-0.3, -0.25) is 0 Å². The molecule has 2 N–H and O–H groups in total. The van der Waals surface area contributed by atoms with Crippen LogP contribution in [-0.2, 0) is 13.2 Å². The van der Waals surface area contributed by atoms with E-state index in [9.17, 15) is 9.90 Å². The van der Waals surface area contributed by atoms with Gasteiger partial charge in [0.25, 0.3) is 0 Å². The Kier molecular flexibility index (Phi) is 6.62. The van der Waals surface area contributed by atoms with Crippen LogP contribution in [0.3, 0.4) is 0 Å². The van der Waals surface area contributed by atoms with Gasteiger partial charge < -0.3 is 19.9 Å². The number of hydrogen-bond donors (Lipinski definition) is 2. The summed E-state index contributed by atoms with van der Waals surface area (Å²) in [5, 5.41) is 13.0. The first-order valence-electron chi connectivity index (χ1n) is 9.08. The van der Waals surface area contributed by atoms with Crippen LogP contribution in [0.25, 0.3) is 0 Å². The van der Waals surface area contributed by atoms with Crippen LogP contribution < -0.4 is 14.8 Å². The van der Waals surface area contributed by atoms with Crippen molar-refractivity contribution in [1.29, 1.82) is 0 Å². The summed E-state index contributed by atoms with van der Waals surface area (Å²) in [4.78, 5) is 11.3. The van der Waals surface area contributed by atoms with E-state index < -0.39 is 5.97 Å². The van der Waals surface area contributed by atoms with E-state index in [0.717, 1.165) is 11.1 Å². The van der Waals surface area contributed by atoms with Crippen molar-refractivity contribution >= 4 is 23.3 Å². The van der Waals surface area contributed by atoms with Gasteiger partial charge >= 0.3 is 5.97 Å². The zero-order valence-electron chi connectivity index (χ0n) is 16.2. The van der Waals surface area contributed by atoms with Crippen molar-refractivity contribution in [3.05, 3.63) is 87.9 Å². The fraction of sp³-hybridized carbons (Fsp3) is 0.174. The molecule has 0 atom stereocenters. The number of hydrogen-bond acceptors (Lipinski definition) is 4. The number of nitrogens with one attached hydrogen (secondary N) is 1. The van der Waals surface area contributed by atoms with Crippen LogP contribution in [0.4, 0.5) is 5.69 Å². The molecule has 0 saturated heterocycles. The van der Waals surface area contributed by atoms with Crippen LogP contribution in [0.5, 0.6) is 11.5 Å². The van der Waals surface area contributed by atoms with Crippen molar-refractivity contribution in [3.8, 4) is 11.5 Å². The number of aryl methyl sites for hydroxylation is 1. The van der Waals surface area contributed by atoms with E-state index in [1.807, 2.05) is 37.3 Å². The van der Waals surface area contributed by atoms with E-state index >= 15 is 0 Å². The Bertz CT molecular complexity index is 1020. The predicted molar refractivity (Wildman–Crippen MR) is 114 cm³/mol. The first-order valence-corrected chi connectivity index (χ1v) is 9.46. The van der Waals surface area contributed by atoms with E-state index in [-0.39, 0.29) is 5.56 Å². The predicted octanol–water partition coefficient (Wildman–Crippen LogP) is 5.55. The Morgan fingerprint density at radius 2 is 1.86 bits per heavy atom. The number of anilines is 1. The van der Waals surface area contributed by atoms with Gasteiger partial charge in [-0.1, -0.05) is 41.4 Å². The summed E-state index contributed by atoms with van der Waals surface area (Å²) in [5.74, 6) is 0.261. The summed E-state index contributed by atoms with van der Waals surface area (Å²) in [6.07, 6.45) is 0. The lowest BCUT2D eigenvalue weighted by molar-refractivity contribution is 0.0697. The number of methoxy groups -OCH3 is 1. The Labute approximate surface area is 174 Å². The molecule has 0 unspecified atom stereocenters. The quantitative estimate of drug-likeness (QED) is 0.509. The zero-order chi connectivity index (χ0) is 20.8. The van der Waals surface area contributed by atoms with E-state index in [0.29, 0.717) is 35.4 Å². The summed E-state index contributed by atoms with van der Waals surface area (Å²) >= 11 is 6.18. The van der Waals surface area contributed by atoms with Gasteiger partial charge in [-0.15, -0.1) is 0 Å². The highest BCUT2D eigenvalue weighted by Crippen LogP contribution is 2.29. The lowest BCUT2D eigenvalue weighted by Crippen LogP contribution is -2.06. The highest BCUT2D eigenvalue weighted by atomic mass is 35.5. The first kappa shape index (κ1) is 20.6. The first-order chi connectivity index (χ1) is 14.0. The number of ether oxygens (including phenoxy) is 2. The monoisotopic (exact) mass is 411 g/mol. The molecule has 0 fully saturated rings. The molecule has 0 aliphatic heterocycles. The maximum atomic E-state index is 11.3. The Hall–Kier alpha value is -3.18. The molecule has 5 nitrogen and oxygen atoms in total. The maximum Gasteiger partial charge on any atom is 0.335 e. The van der Waals surface area contributed by atoms with Crippen molar-refractivity contribution in [2.24, 2.45) is 0 Å². The topological polar surface area (TPSA) is 67.8 Å². The Morgan fingerprint density at radius 1 is 1.07 bits per heavy atom. The molecule has 3 aromatic rings. The van der Waals surface area contributed by atoms with Crippen molar-refractivity contribution < 1.29 is 19.4 Å². The molecule has 3 rings (SSSR count). The second kappa shape index (κ2) is 9.34. The van der Waals surface area contributed by atoms with Crippen molar-refractivity contribution in [2.75, 3.05) is 12.4 Å². The summed E-state index contributed by atoms with van der Waals surface area (Å²) in [6, 6.07) is 18.2. The van der Waals surface area contributed by atoms with Gasteiger partial charge in [0, 0.05) is 17.1 Å². The molecular weight excluding hydrogens is 390 g/mol. The van der Waals surface area contributed by atoms with Gasteiger partial charge in [0.15, 0.2) is 0 Å². The molecule has 0 heterocycles. The summed E-state index contributed by atoms with van der Waals surface area (Å²) in [7, 11) is 1.54. The van der Waals surface area contributed by atoms with E-state index in [4.69, 9.17) is 21.1 Å². The molecule has 0 saturated carbocycles. The van der Waals surface area contributed by atoms with Crippen LogP contribution in [0.2, 0.25) is 5.02 Å². The number of carboxylic acid groups (broad SMARTS) is 1. The molecule has 0 aromatic heterocycles. The molecule has 29 heavy (non-hydrogen) atoms. The van der Waals surface area contributed by atoms with Crippen LogP contribution in [0, 0.1) is 6.92 Å². The number of carboxylic acids is 1. The van der Waals surface area contributed by atoms with Gasteiger partial charge in [0.1, 0.15) is 18.1 Å². The minimum Gasteiger partial charge on any atom is -0.495 e. The average Bonchev–Trinajstić information content (AvgIpc) is 2.71. The van der Waals surface area contributed by atoms with E-state index in [1.54, 1.807) is 18.2 Å². The van der Waals surface area contributed by atoms with Crippen LogP contribution >= 0.6 is 11.6 Å². The minimum atomic E-state index is -0.999. The fourth-order valence-electron chi connectivity index (χ4n) is 2.96. The molecule has 0 spiro atoms. The van der Waals surface area contributed by atoms with Crippen molar-refractivity contribution in [1.82, 2.24) is 0 Å². The molecule has 0 aliphatic carbocycles. The van der Waals surface area contributed by atoms with E-state index in [2.05, 4.69) is 11.4 Å². The third-order valence-corrected chi connectivity index (χ3v) is 4.65. The molecule has 0 amide bonds.